The summed E-state index contributed by atoms with van der Waals surface area (Å²) < 4.78 is 0. The van der Waals surface area contributed by atoms with Crippen molar-refractivity contribution < 1.29 is 9.59 Å². The summed E-state index contributed by atoms with van der Waals surface area (Å²) in [4.78, 5) is 24.9. The summed E-state index contributed by atoms with van der Waals surface area (Å²) in [6.45, 7) is 4.58. The molecule has 2 atom stereocenters. The van der Waals surface area contributed by atoms with Crippen LogP contribution in [0.4, 0.5) is 0 Å². The Hall–Kier alpha value is -0.860. The minimum absolute atomic E-state index is 0.00690. The highest BCUT2D eigenvalue weighted by atomic mass is 16.2. The van der Waals surface area contributed by atoms with E-state index in [9.17, 15) is 9.59 Å². The monoisotopic (exact) mass is 604 g/mol. The number of hydrogen-bond donors (Lipinski definition) is 1. The molecular weight excluding hydrogens is 526 g/mol. The number of amides is 2. The molecule has 0 aromatic heterocycles. The maximum Gasteiger partial charge on any atom is 0.230 e. The minimum atomic E-state index is -0.0597. The molecule has 1 rings (SSSR count). The molecule has 1 N–H and O–H groups in total. The van der Waals surface area contributed by atoms with Crippen LogP contribution in [-0.2, 0) is 9.59 Å². The van der Waals surface area contributed by atoms with Gasteiger partial charge in [-0.05, 0) is 12.8 Å². The minimum Gasteiger partial charge on any atom is -0.296 e. The lowest BCUT2D eigenvalue weighted by molar-refractivity contribution is -0.126. The van der Waals surface area contributed by atoms with E-state index in [1.165, 1.54) is 193 Å². The van der Waals surface area contributed by atoms with Gasteiger partial charge < -0.3 is 0 Å². The first-order valence-electron chi connectivity index (χ1n) is 20.0. The molecular formula is C40H77NO2. The largest absolute Gasteiger partial charge is 0.296 e. The SMILES string of the molecule is CCCCCCCCCCCCCCCCCCC1C(=O)NC(=O)C1CCCCCCCCCCCCCCCCCC. The molecule has 1 aliphatic rings. The van der Waals surface area contributed by atoms with E-state index < -0.39 is 0 Å². The molecule has 0 radical (unpaired) electrons. The van der Waals surface area contributed by atoms with Crippen molar-refractivity contribution in [3.63, 3.8) is 0 Å². The molecule has 1 saturated heterocycles. The Kier molecular flexibility index (Phi) is 29.1. The van der Waals surface area contributed by atoms with Crippen LogP contribution in [0.3, 0.4) is 0 Å². The zero-order valence-electron chi connectivity index (χ0n) is 29.5. The molecule has 1 aliphatic heterocycles. The van der Waals surface area contributed by atoms with Crippen molar-refractivity contribution in [3.05, 3.63) is 0 Å². The lowest BCUT2D eigenvalue weighted by Crippen LogP contribution is -2.22. The topological polar surface area (TPSA) is 46.2 Å². The molecule has 3 heteroatoms. The number of carbonyl (C=O) groups is 2. The van der Waals surface area contributed by atoms with Gasteiger partial charge in [-0.15, -0.1) is 0 Å². The lowest BCUT2D eigenvalue weighted by Gasteiger charge is -2.15. The van der Waals surface area contributed by atoms with Crippen molar-refractivity contribution in [2.75, 3.05) is 0 Å². The van der Waals surface area contributed by atoms with E-state index in [-0.39, 0.29) is 23.7 Å². The van der Waals surface area contributed by atoms with Gasteiger partial charge in [0, 0.05) is 11.8 Å². The second-order valence-electron chi connectivity index (χ2n) is 14.3. The summed E-state index contributed by atoms with van der Waals surface area (Å²) in [5.74, 6) is -0.106. The Morgan fingerprint density at radius 1 is 0.326 bits per heavy atom. The van der Waals surface area contributed by atoms with Crippen molar-refractivity contribution in [2.24, 2.45) is 11.8 Å². The van der Waals surface area contributed by atoms with Crippen LogP contribution in [0.5, 0.6) is 0 Å². The molecule has 254 valence electrons. The normalized spacial score (nSPS) is 16.8. The molecule has 0 saturated carbocycles. The van der Waals surface area contributed by atoms with Gasteiger partial charge in [0.15, 0.2) is 0 Å². The zero-order valence-corrected chi connectivity index (χ0v) is 29.5. The van der Waals surface area contributed by atoms with Gasteiger partial charge in [0.1, 0.15) is 0 Å². The third-order valence-electron chi connectivity index (χ3n) is 10.1. The highest BCUT2D eigenvalue weighted by molar-refractivity contribution is 6.04. The Labute approximate surface area is 270 Å². The molecule has 1 fully saturated rings. The smallest absolute Gasteiger partial charge is 0.230 e. The van der Waals surface area contributed by atoms with E-state index in [1.807, 2.05) is 0 Å². The van der Waals surface area contributed by atoms with Crippen LogP contribution in [0.25, 0.3) is 0 Å². The second-order valence-corrected chi connectivity index (χ2v) is 14.3. The van der Waals surface area contributed by atoms with Crippen LogP contribution >= 0.6 is 0 Å². The predicted octanol–water partition coefficient (Wildman–Crippen LogP) is 13.2. The quantitative estimate of drug-likeness (QED) is 0.0587. The van der Waals surface area contributed by atoms with Gasteiger partial charge in [-0.1, -0.05) is 219 Å². The zero-order chi connectivity index (χ0) is 31.1. The number of unbranched alkanes of at least 4 members (excludes halogenated alkanes) is 30. The average molecular weight is 604 g/mol. The van der Waals surface area contributed by atoms with E-state index in [4.69, 9.17) is 0 Å². The van der Waals surface area contributed by atoms with Crippen molar-refractivity contribution in [3.8, 4) is 0 Å². The van der Waals surface area contributed by atoms with Crippen molar-refractivity contribution in [1.82, 2.24) is 5.32 Å². The molecule has 0 bridgehead atoms. The first-order valence-corrected chi connectivity index (χ1v) is 20.0. The highest BCUT2D eigenvalue weighted by Crippen LogP contribution is 2.30. The molecule has 0 aromatic rings. The van der Waals surface area contributed by atoms with Crippen LogP contribution in [0, 0.1) is 11.8 Å². The number of hydrogen-bond acceptors (Lipinski definition) is 2. The third-order valence-corrected chi connectivity index (χ3v) is 10.1. The first kappa shape index (κ1) is 40.2. The van der Waals surface area contributed by atoms with Crippen LogP contribution in [-0.4, -0.2) is 11.8 Å². The molecule has 2 amide bonds. The van der Waals surface area contributed by atoms with Crippen LogP contribution < -0.4 is 5.32 Å². The van der Waals surface area contributed by atoms with Crippen LogP contribution in [0.15, 0.2) is 0 Å². The van der Waals surface area contributed by atoms with E-state index in [0.717, 1.165) is 25.7 Å². The van der Waals surface area contributed by atoms with Gasteiger partial charge in [0.25, 0.3) is 0 Å². The molecule has 2 unspecified atom stereocenters. The molecule has 0 spiro atoms. The number of nitrogens with one attached hydrogen (secondary N) is 1. The lowest BCUT2D eigenvalue weighted by atomic mass is 9.86. The fraction of sp³-hybridized carbons (Fsp3) is 0.950. The Morgan fingerprint density at radius 3 is 0.721 bits per heavy atom. The van der Waals surface area contributed by atoms with Gasteiger partial charge in [-0.25, -0.2) is 0 Å². The van der Waals surface area contributed by atoms with Crippen molar-refractivity contribution in [1.29, 1.82) is 0 Å². The standard InChI is InChI=1S/C40H77NO2/c1-3-5-7-9-11-13-15-17-19-21-23-25-27-29-31-33-35-37-38(40(43)41-39(37)42)36-34-32-30-28-26-24-22-20-18-16-14-12-10-8-6-4-2/h37-38H,3-36H2,1-2H3,(H,41,42,43). The fourth-order valence-corrected chi connectivity index (χ4v) is 7.16. The van der Waals surface area contributed by atoms with Crippen LogP contribution in [0.2, 0.25) is 0 Å². The number of imide groups is 1. The van der Waals surface area contributed by atoms with Gasteiger partial charge >= 0.3 is 0 Å². The Morgan fingerprint density at radius 2 is 0.512 bits per heavy atom. The summed E-state index contributed by atoms with van der Waals surface area (Å²) in [6.07, 6.45) is 45.5. The van der Waals surface area contributed by atoms with Gasteiger partial charge in [-0.2, -0.15) is 0 Å². The molecule has 0 aliphatic carbocycles. The maximum atomic E-state index is 12.4. The summed E-state index contributed by atoms with van der Waals surface area (Å²) in [5, 5.41) is 2.65. The highest BCUT2D eigenvalue weighted by Gasteiger charge is 2.40. The Balaban J connectivity index is 1.91. The summed E-state index contributed by atoms with van der Waals surface area (Å²) in [7, 11) is 0. The number of carbonyl (C=O) groups excluding carboxylic acids is 2. The summed E-state index contributed by atoms with van der Waals surface area (Å²) >= 11 is 0. The maximum absolute atomic E-state index is 12.4. The van der Waals surface area contributed by atoms with Crippen molar-refractivity contribution >= 4 is 11.8 Å². The molecule has 1 heterocycles. The summed E-state index contributed by atoms with van der Waals surface area (Å²) in [5.41, 5.74) is 0. The van der Waals surface area contributed by atoms with E-state index >= 15 is 0 Å². The van der Waals surface area contributed by atoms with E-state index in [0.29, 0.717) is 0 Å². The van der Waals surface area contributed by atoms with Crippen LogP contribution in [0.1, 0.15) is 232 Å². The predicted molar refractivity (Wildman–Crippen MR) is 188 cm³/mol. The molecule has 3 nitrogen and oxygen atoms in total. The van der Waals surface area contributed by atoms with Gasteiger partial charge in [0.05, 0.1) is 0 Å². The fourth-order valence-electron chi connectivity index (χ4n) is 7.16. The summed E-state index contributed by atoms with van der Waals surface area (Å²) in [6, 6.07) is 0. The molecule has 43 heavy (non-hydrogen) atoms. The van der Waals surface area contributed by atoms with E-state index in [2.05, 4.69) is 19.2 Å². The Bertz CT molecular complexity index is 566. The average Bonchev–Trinajstić information content (AvgIpc) is 3.27. The van der Waals surface area contributed by atoms with Gasteiger partial charge in [0.2, 0.25) is 11.8 Å². The first-order chi connectivity index (χ1) is 21.2. The van der Waals surface area contributed by atoms with E-state index in [1.54, 1.807) is 0 Å². The van der Waals surface area contributed by atoms with Gasteiger partial charge in [-0.3, -0.25) is 14.9 Å². The number of rotatable bonds is 34. The van der Waals surface area contributed by atoms with Crippen molar-refractivity contribution in [2.45, 2.75) is 232 Å². The second kappa shape index (κ2) is 31.1. The third kappa shape index (κ3) is 24.1. The molecule has 0 aromatic carbocycles.